The van der Waals surface area contributed by atoms with E-state index in [1.54, 1.807) is 14.2 Å². The summed E-state index contributed by atoms with van der Waals surface area (Å²) in [5.74, 6) is 1.54. The number of ether oxygens (including phenoxy) is 2. The maximum atomic E-state index is 6.38. The average molecular weight is 306 g/mol. The zero-order valence-corrected chi connectivity index (χ0v) is 13.3. The second-order valence-corrected chi connectivity index (χ2v) is 5.03. The largest absolute Gasteiger partial charge is 0.496 e. The molecule has 0 heterocycles. The van der Waals surface area contributed by atoms with Crippen LogP contribution in [-0.4, -0.2) is 20.8 Å². The van der Waals surface area contributed by atoms with Gasteiger partial charge in [0.1, 0.15) is 11.5 Å². The number of nitrogens with one attached hydrogen (secondary N) is 1. The average Bonchev–Trinajstić information content (AvgIpc) is 2.52. The Bertz CT molecular complexity index is 591. The number of hydrogen-bond donors (Lipinski definition) is 1. The highest BCUT2D eigenvalue weighted by Gasteiger charge is 2.13. The Morgan fingerprint density at radius 1 is 1.05 bits per heavy atom. The van der Waals surface area contributed by atoms with Gasteiger partial charge in [0.2, 0.25) is 0 Å². The Hall–Kier alpha value is -1.71. The van der Waals surface area contributed by atoms with Crippen molar-refractivity contribution >= 4 is 11.6 Å². The molecule has 1 N–H and O–H groups in total. The van der Waals surface area contributed by atoms with Gasteiger partial charge in [-0.25, -0.2) is 0 Å². The van der Waals surface area contributed by atoms with Crippen molar-refractivity contribution in [2.24, 2.45) is 0 Å². The Morgan fingerprint density at radius 3 is 2.24 bits per heavy atom. The summed E-state index contributed by atoms with van der Waals surface area (Å²) in [6.07, 6.45) is 0. The van der Waals surface area contributed by atoms with Gasteiger partial charge in [0, 0.05) is 11.6 Å². The van der Waals surface area contributed by atoms with Gasteiger partial charge in [-0.15, -0.1) is 0 Å². The van der Waals surface area contributed by atoms with Gasteiger partial charge in [0.15, 0.2) is 0 Å². The molecule has 0 aromatic heterocycles. The molecular weight excluding hydrogens is 286 g/mol. The summed E-state index contributed by atoms with van der Waals surface area (Å²) in [6.45, 7) is 3.75. The van der Waals surface area contributed by atoms with E-state index in [0.29, 0.717) is 0 Å². The van der Waals surface area contributed by atoms with Crippen LogP contribution in [0.3, 0.4) is 0 Å². The second kappa shape index (κ2) is 7.34. The van der Waals surface area contributed by atoms with Crippen LogP contribution in [0.25, 0.3) is 11.1 Å². The Kier molecular flexibility index (Phi) is 5.48. The lowest BCUT2D eigenvalue weighted by Crippen LogP contribution is -2.11. The van der Waals surface area contributed by atoms with E-state index in [1.165, 1.54) is 0 Å². The van der Waals surface area contributed by atoms with Crippen molar-refractivity contribution in [2.75, 3.05) is 20.8 Å². The first-order chi connectivity index (χ1) is 10.2. The van der Waals surface area contributed by atoms with Gasteiger partial charge in [-0.1, -0.05) is 36.7 Å². The van der Waals surface area contributed by atoms with Crippen molar-refractivity contribution in [3.05, 3.63) is 47.0 Å². The standard InChI is InChI=1S/C17H20ClNO2/c1-4-19-11-13-9-8-12(10-14(13)18)17-15(20-2)6-5-7-16(17)21-3/h5-10,19H,4,11H2,1-3H3. The summed E-state index contributed by atoms with van der Waals surface area (Å²) in [4.78, 5) is 0. The summed E-state index contributed by atoms with van der Waals surface area (Å²) in [5.41, 5.74) is 2.98. The van der Waals surface area contributed by atoms with Gasteiger partial charge in [-0.05, 0) is 35.9 Å². The van der Waals surface area contributed by atoms with Crippen LogP contribution < -0.4 is 14.8 Å². The van der Waals surface area contributed by atoms with Crippen LogP contribution in [0.4, 0.5) is 0 Å². The van der Waals surface area contributed by atoms with Gasteiger partial charge in [0.05, 0.1) is 19.8 Å². The molecule has 0 saturated heterocycles. The molecule has 112 valence electrons. The van der Waals surface area contributed by atoms with Crippen molar-refractivity contribution < 1.29 is 9.47 Å². The third kappa shape index (κ3) is 3.49. The summed E-state index contributed by atoms with van der Waals surface area (Å²) in [5, 5.41) is 4.01. The summed E-state index contributed by atoms with van der Waals surface area (Å²) < 4.78 is 10.9. The molecule has 3 nitrogen and oxygen atoms in total. The van der Waals surface area contributed by atoms with Crippen LogP contribution in [0, 0.1) is 0 Å². The Balaban J connectivity index is 2.45. The summed E-state index contributed by atoms with van der Waals surface area (Å²) in [6, 6.07) is 11.8. The van der Waals surface area contributed by atoms with Crippen LogP contribution in [0.2, 0.25) is 5.02 Å². The number of methoxy groups -OCH3 is 2. The van der Waals surface area contributed by atoms with Gasteiger partial charge >= 0.3 is 0 Å². The lowest BCUT2D eigenvalue weighted by Gasteiger charge is -2.14. The fourth-order valence-corrected chi connectivity index (χ4v) is 2.49. The van der Waals surface area contributed by atoms with Crippen molar-refractivity contribution in [1.82, 2.24) is 5.32 Å². The predicted molar refractivity (Wildman–Crippen MR) is 87.4 cm³/mol. The smallest absolute Gasteiger partial charge is 0.130 e. The van der Waals surface area contributed by atoms with E-state index in [2.05, 4.69) is 12.2 Å². The molecule has 0 atom stereocenters. The minimum absolute atomic E-state index is 0.737. The molecule has 0 aliphatic heterocycles. The first-order valence-electron chi connectivity index (χ1n) is 6.91. The van der Waals surface area contributed by atoms with Gasteiger partial charge in [0.25, 0.3) is 0 Å². The fraction of sp³-hybridized carbons (Fsp3) is 0.294. The molecule has 21 heavy (non-hydrogen) atoms. The minimum Gasteiger partial charge on any atom is -0.496 e. The van der Waals surface area contributed by atoms with Crippen LogP contribution in [-0.2, 0) is 6.54 Å². The molecule has 0 spiro atoms. The zero-order valence-electron chi connectivity index (χ0n) is 12.6. The Labute approximate surface area is 130 Å². The Morgan fingerprint density at radius 2 is 1.71 bits per heavy atom. The second-order valence-electron chi connectivity index (χ2n) is 4.62. The highest BCUT2D eigenvalue weighted by molar-refractivity contribution is 6.31. The fourth-order valence-electron chi connectivity index (χ4n) is 2.24. The number of rotatable bonds is 6. The predicted octanol–water partition coefficient (Wildman–Crippen LogP) is 4.13. The van der Waals surface area contributed by atoms with Gasteiger partial charge in [-0.2, -0.15) is 0 Å². The third-order valence-electron chi connectivity index (χ3n) is 3.34. The van der Waals surface area contributed by atoms with Crippen molar-refractivity contribution in [3.63, 3.8) is 0 Å². The third-order valence-corrected chi connectivity index (χ3v) is 3.69. The molecule has 0 amide bonds. The lowest BCUT2D eigenvalue weighted by atomic mass is 10.0. The van der Waals surface area contributed by atoms with Gasteiger partial charge in [-0.3, -0.25) is 0 Å². The highest BCUT2D eigenvalue weighted by atomic mass is 35.5. The summed E-state index contributed by atoms with van der Waals surface area (Å²) in [7, 11) is 3.30. The van der Waals surface area contributed by atoms with Crippen molar-refractivity contribution in [1.29, 1.82) is 0 Å². The maximum Gasteiger partial charge on any atom is 0.130 e. The molecule has 4 heteroatoms. The SMILES string of the molecule is CCNCc1ccc(-c2c(OC)cccc2OC)cc1Cl. The number of benzene rings is 2. The quantitative estimate of drug-likeness (QED) is 0.870. The van der Waals surface area contributed by atoms with E-state index in [-0.39, 0.29) is 0 Å². The van der Waals surface area contributed by atoms with Crippen LogP contribution in [0.1, 0.15) is 12.5 Å². The van der Waals surface area contributed by atoms with E-state index in [4.69, 9.17) is 21.1 Å². The summed E-state index contributed by atoms with van der Waals surface area (Å²) >= 11 is 6.38. The molecule has 0 bridgehead atoms. The monoisotopic (exact) mass is 305 g/mol. The number of halogens is 1. The topological polar surface area (TPSA) is 30.5 Å². The van der Waals surface area contributed by atoms with Crippen LogP contribution >= 0.6 is 11.6 Å². The molecule has 2 aromatic carbocycles. The zero-order chi connectivity index (χ0) is 15.2. The van der Waals surface area contributed by atoms with Crippen molar-refractivity contribution in [3.8, 4) is 22.6 Å². The van der Waals surface area contributed by atoms with Gasteiger partial charge < -0.3 is 14.8 Å². The molecule has 0 aliphatic rings. The molecule has 0 fully saturated rings. The number of hydrogen-bond acceptors (Lipinski definition) is 3. The molecule has 0 aliphatic carbocycles. The van der Waals surface area contributed by atoms with E-state index < -0.39 is 0 Å². The first kappa shape index (κ1) is 15.7. The van der Waals surface area contributed by atoms with E-state index in [1.807, 2.05) is 36.4 Å². The molecule has 0 radical (unpaired) electrons. The molecule has 2 rings (SSSR count). The lowest BCUT2D eigenvalue weighted by molar-refractivity contribution is 0.397. The molecular formula is C17H20ClNO2. The highest BCUT2D eigenvalue weighted by Crippen LogP contribution is 2.39. The normalized spacial score (nSPS) is 10.5. The van der Waals surface area contributed by atoms with Crippen molar-refractivity contribution in [2.45, 2.75) is 13.5 Å². The first-order valence-corrected chi connectivity index (χ1v) is 7.29. The van der Waals surface area contributed by atoms with E-state index in [0.717, 1.165) is 46.3 Å². The minimum atomic E-state index is 0.737. The molecule has 0 unspecified atom stereocenters. The van der Waals surface area contributed by atoms with E-state index in [9.17, 15) is 0 Å². The van der Waals surface area contributed by atoms with E-state index >= 15 is 0 Å². The molecule has 2 aromatic rings. The molecule has 0 saturated carbocycles. The van der Waals surface area contributed by atoms with Crippen LogP contribution in [0.5, 0.6) is 11.5 Å². The van der Waals surface area contributed by atoms with Crippen LogP contribution in [0.15, 0.2) is 36.4 Å². The maximum absolute atomic E-state index is 6.38.